The number of para-hydroxylation sites is 1. The van der Waals surface area contributed by atoms with Crippen LogP contribution in [0, 0.1) is 5.92 Å². The summed E-state index contributed by atoms with van der Waals surface area (Å²) in [5.41, 5.74) is 0.704. The number of amides is 1. The lowest BCUT2D eigenvalue weighted by Crippen LogP contribution is -2.34. The first-order chi connectivity index (χ1) is 9.15. The largest absolute Gasteiger partial charge is 0.331 e. The maximum Gasteiger partial charge on any atom is 0.226 e. The topological polar surface area (TPSA) is 41.1 Å². The lowest BCUT2D eigenvalue weighted by atomic mass is 10.0. The SMILES string of the molecule is O=C(CC1CCCC1)NC(=S)Nc1ccccc1Cl. The van der Waals surface area contributed by atoms with Crippen molar-refractivity contribution >= 4 is 40.5 Å². The minimum absolute atomic E-state index is 0.0172. The summed E-state index contributed by atoms with van der Waals surface area (Å²) >= 11 is 11.1. The van der Waals surface area contributed by atoms with Crippen LogP contribution in [0.25, 0.3) is 0 Å². The second kappa shape index (κ2) is 6.87. The molecule has 0 heterocycles. The molecule has 0 atom stereocenters. The molecule has 0 spiro atoms. The molecule has 1 aromatic rings. The standard InChI is InChI=1S/C14H17ClN2OS/c15-11-7-3-4-8-12(11)16-14(19)17-13(18)9-10-5-1-2-6-10/h3-4,7-8,10H,1-2,5-6,9H2,(H2,16,17,18,19). The number of carbonyl (C=O) groups is 1. The number of benzene rings is 1. The van der Waals surface area contributed by atoms with E-state index in [0.29, 0.717) is 28.2 Å². The highest BCUT2D eigenvalue weighted by atomic mass is 35.5. The number of thiocarbonyl (C=S) groups is 1. The first kappa shape index (κ1) is 14.3. The first-order valence-electron chi connectivity index (χ1n) is 6.50. The molecule has 1 aromatic carbocycles. The van der Waals surface area contributed by atoms with E-state index >= 15 is 0 Å². The molecule has 5 heteroatoms. The zero-order chi connectivity index (χ0) is 13.7. The fourth-order valence-electron chi connectivity index (χ4n) is 2.37. The van der Waals surface area contributed by atoms with E-state index in [1.54, 1.807) is 6.07 Å². The van der Waals surface area contributed by atoms with Crippen molar-refractivity contribution in [3.8, 4) is 0 Å². The number of hydrogen-bond acceptors (Lipinski definition) is 2. The number of anilines is 1. The van der Waals surface area contributed by atoms with Crippen molar-refractivity contribution in [3.05, 3.63) is 29.3 Å². The van der Waals surface area contributed by atoms with Crippen LogP contribution in [0.5, 0.6) is 0 Å². The Balaban J connectivity index is 1.80. The van der Waals surface area contributed by atoms with Crippen molar-refractivity contribution < 1.29 is 4.79 Å². The van der Waals surface area contributed by atoms with Gasteiger partial charge in [-0.1, -0.05) is 36.6 Å². The average molecular weight is 297 g/mol. The lowest BCUT2D eigenvalue weighted by Gasteiger charge is -2.12. The molecule has 1 aliphatic rings. The Kier molecular flexibility index (Phi) is 5.16. The molecule has 2 rings (SSSR count). The Morgan fingerprint density at radius 2 is 2.00 bits per heavy atom. The average Bonchev–Trinajstić information content (AvgIpc) is 2.84. The third kappa shape index (κ3) is 4.48. The molecule has 19 heavy (non-hydrogen) atoms. The van der Waals surface area contributed by atoms with Gasteiger partial charge < -0.3 is 10.6 Å². The second-order valence-corrected chi connectivity index (χ2v) is 5.65. The zero-order valence-corrected chi connectivity index (χ0v) is 12.2. The van der Waals surface area contributed by atoms with E-state index in [1.165, 1.54) is 12.8 Å². The number of halogens is 1. The van der Waals surface area contributed by atoms with Crippen molar-refractivity contribution in [1.82, 2.24) is 5.32 Å². The molecule has 1 amide bonds. The molecule has 0 radical (unpaired) electrons. The van der Waals surface area contributed by atoms with Gasteiger partial charge in [0.15, 0.2) is 5.11 Å². The van der Waals surface area contributed by atoms with Gasteiger partial charge in [0.05, 0.1) is 10.7 Å². The first-order valence-corrected chi connectivity index (χ1v) is 7.29. The summed E-state index contributed by atoms with van der Waals surface area (Å²) in [5, 5.41) is 6.52. The van der Waals surface area contributed by atoms with Crippen molar-refractivity contribution in [2.75, 3.05) is 5.32 Å². The molecule has 0 unspecified atom stereocenters. The van der Waals surface area contributed by atoms with Crippen molar-refractivity contribution in [3.63, 3.8) is 0 Å². The quantitative estimate of drug-likeness (QED) is 0.835. The maximum atomic E-state index is 11.8. The fourth-order valence-corrected chi connectivity index (χ4v) is 2.78. The van der Waals surface area contributed by atoms with Crippen LogP contribution in [0.1, 0.15) is 32.1 Å². The highest BCUT2D eigenvalue weighted by Crippen LogP contribution is 2.27. The van der Waals surface area contributed by atoms with Crippen molar-refractivity contribution in [2.45, 2.75) is 32.1 Å². The van der Waals surface area contributed by atoms with Crippen LogP contribution in [0.2, 0.25) is 5.02 Å². The Hall–Kier alpha value is -1.13. The summed E-state index contributed by atoms with van der Waals surface area (Å²) in [6.45, 7) is 0. The van der Waals surface area contributed by atoms with Crippen LogP contribution in [0.15, 0.2) is 24.3 Å². The van der Waals surface area contributed by atoms with Gasteiger partial charge in [-0.3, -0.25) is 4.79 Å². The third-order valence-corrected chi connectivity index (χ3v) is 3.86. The van der Waals surface area contributed by atoms with Gasteiger partial charge in [0.25, 0.3) is 0 Å². The molecule has 0 aliphatic heterocycles. The molecule has 3 nitrogen and oxygen atoms in total. The predicted octanol–water partition coefficient (Wildman–Crippen LogP) is 3.73. The van der Waals surface area contributed by atoms with Gasteiger partial charge in [-0.15, -0.1) is 0 Å². The minimum atomic E-state index is -0.0172. The molecule has 2 N–H and O–H groups in total. The van der Waals surface area contributed by atoms with E-state index in [4.69, 9.17) is 23.8 Å². The van der Waals surface area contributed by atoms with Gasteiger partial charge in [0.1, 0.15) is 0 Å². The summed E-state index contributed by atoms with van der Waals surface area (Å²) in [5.74, 6) is 0.500. The van der Waals surface area contributed by atoms with E-state index in [1.807, 2.05) is 18.2 Å². The van der Waals surface area contributed by atoms with Crippen LogP contribution >= 0.6 is 23.8 Å². The van der Waals surface area contributed by atoms with Gasteiger partial charge in [-0.05, 0) is 43.1 Å². The van der Waals surface area contributed by atoms with Gasteiger partial charge >= 0.3 is 0 Å². The summed E-state index contributed by atoms with van der Waals surface area (Å²) in [4.78, 5) is 11.8. The van der Waals surface area contributed by atoms with E-state index in [9.17, 15) is 4.79 Å². The number of carbonyl (C=O) groups excluding carboxylic acids is 1. The summed E-state index contributed by atoms with van der Waals surface area (Å²) in [6, 6.07) is 7.29. The Labute approximate surface area is 123 Å². The zero-order valence-electron chi connectivity index (χ0n) is 10.6. The highest BCUT2D eigenvalue weighted by molar-refractivity contribution is 7.80. The fraction of sp³-hybridized carbons (Fsp3) is 0.429. The molecule has 0 bridgehead atoms. The Bertz CT molecular complexity index is 472. The third-order valence-electron chi connectivity index (χ3n) is 3.32. The molecule has 0 saturated heterocycles. The van der Waals surface area contributed by atoms with E-state index in [-0.39, 0.29) is 5.91 Å². The highest BCUT2D eigenvalue weighted by Gasteiger charge is 2.18. The number of rotatable bonds is 3. The Morgan fingerprint density at radius 1 is 1.32 bits per heavy atom. The van der Waals surface area contributed by atoms with E-state index in [0.717, 1.165) is 12.8 Å². The summed E-state index contributed by atoms with van der Waals surface area (Å²) in [6.07, 6.45) is 5.33. The Morgan fingerprint density at radius 3 is 2.68 bits per heavy atom. The summed E-state index contributed by atoms with van der Waals surface area (Å²) < 4.78 is 0. The lowest BCUT2D eigenvalue weighted by molar-refractivity contribution is -0.120. The van der Waals surface area contributed by atoms with Crippen LogP contribution in [-0.4, -0.2) is 11.0 Å². The maximum absolute atomic E-state index is 11.8. The molecule has 102 valence electrons. The minimum Gasteiger partial charge on any atom is -0.331 e. The number of nitrogens with one attached hydrogen (secondary N) is 2. The van der Waals surface area contributed by atoms with Gasteiger partial charge in [0.2, 0.25) is 5.91 Å². The molecular formula is C14H17ClN2OS. The van der Waals surface area contributed by atoms with Crippen LogP contribution in [-0.2, 0) is 4.79 Å². The van der Waals surface area contributed by atoms with Crippen LogP contribution in [0.4, 0.5) is 5.69 Å². The van der Waals surface area contributed by atoms with Crippen molar-refractivity contribution in [2.24, 2.45) is 5.92 Å². The smallest absolute Gasteiger partial charge is 0.226 e. The van der Waals surface area contributed by atoms with Gasteiger partial charge in [0, 0.05) is 6.42 Å². The van der Waals surface area contributed by atoms with Crippen LogP contribution < -0.4 is 10.6 Å². The van der Waals surface area contributed by atoms with Gasteiger partial charge in [-0.25, -0.2) is 0 Å². The monoisotopic (exact) mass is 296 g/mol. The normalized spacial score (nSPS) is 15.2. The van der Waals surface area contributed by atoms with Crippen molar-refractivity contribution in [1.29, 1.82) is 0 Å². The van der Waals surface area contributed by atoms with E-state index in [2.05, 4.69) is 10.6 Å². The van der Waals surface area contributed by atoms with Crippen LogP contribution in [0.3, 0.4) is 0 Å². The molecule has 1 fully saturated rings. The second-order valence-electron chi connectivity index (χ2n) is 4.84. The predicted molar refractivity (Wildman–Crippen MR) is 82.4 cm³/mol. The number of hydrogen-bond donors (Lipinski definition) is 2. The molecular weight excluding hydrogens is 280 g/mol. The molecule has 1 aliphatic carbocycles. The summed E-state index contributed by atoms with van der Waals surface area (Å²) in [7, 11) is 0. The van der Waals surface area contributed by atoms with E-state index < -0.39 is 0 Å². The van der Waals surface area contributed by atoms with Gasteiger partial charge in [-0.2, -0.15) is 0 Å². The molecule has 0 aromatic heterocycles. The molecule has 1 saturated carbocycles.